The maximum absolute atomic E-state index is 5.70. The summed E-state index contributed by atoms with van der Waals surface area (Å²) >= 11 is 0. The molecule has 2 nitrogen and oxygen atoms in total. The molecule has 86 valence electrons. The third-order valence-electron chi connectivity index (χ3n) is 5.34. The summed E-state index contributed by atoms with van der Waals surface area (Å²) in [4.78, 5) is 0. The van der Waals surface area contributed by atoms with E-state index in [9.17, 15) is 0 Å². The highest BCUT2D eigenvalue weighted by atomic mass is 15.2. The summed E-state index contributed by atoms with van der Waals surface area (Å²) in [7, 11) is 0. The highest BCUT2D eigenvalue weighted by molar-refractivity contribution is 4.96. The van der Waals surface area contributed by atoms with Crippen LogP contribution in [0.2, 0.25) is 0 Å². The predicted octanol–water partition coefficient (Wildman–Crippen LogP) is 2.30. The molecule has 15 heavy (non-hydrogen) atoms. The monoisotopic (exact) mass is 208 g/mol. The molecule has 0 heterocycles. The van der Waals surface area contributed by atoms with Crippen LogP contribution in [0.3, 0.4) is 0 Å². The first-order chi connectivity index (χ1) is 7.28. The van der Waals surface area contributed by atoms with E-state index >= 15 is 0 Å². The molecular weight excluding hydrogens is 184 g/mol. The Hall–Kier alpha value is -0.0800. The molecule has 0 saturated heterocycles. The van der Waals surface area contributed by atoms with E-state index in [1.165, 1.54) is 38.5 Å². The molecule has 2 heteroatoms. The summed E-state index contributed by atoms with van der Waals surface area (Å²) < 4.78 is 0. The van der Waals surface area contributed by atoms with Gasteiger partial charge in [-0.15, -0.1) is 0 Å². The number of hydrazine groups is 1. The Kier molecular flexibility index (Phi) is 2.52. The minimum atomic E-state index is 0.615. The van der Waals surface area contributed by atoms with E-state index in [2.05, 4.69) is 12.3 Å². The predicted molar refractivity (Wildman–Crippen MR) is 61.9 cm³/mol. The van der Waals surface area contributed by atoms with E-state index < -0.39 is 0 Å². The normalized spacial score (nSPS) is 49.6. The van der Waals surface area contributed by atoms with Crippen LogP contribution in [0, 0.1) is 29.6 Å². The number of nitrogens with two attached hydrogens (primary N) is 1. The highest BCUT2D eigenvalue weighted by Crippen LogP contribution is 2.51. The number of hydrogen-bond donors (Lipinski definition) is 2. The summed E-state index contributed by atoms with van der Waals surface area (Å²) in [5.74, 6) is 10.6. The third kappa shape index (κ3) is 1.83. The van der Waals surface area contributed by atoms with Crippen LogP contribution >= 0.6 is 0 Å². The maximum atomic E-state index is 5.70. The third-order valence-corrected chi connectivity index (χ3v) is 5.34. The van der Waals surface area contributed by atoms with Crippen molar-refractivity contribution in [3.8, 4) is 0 Å². The lowest BCUT2D eigenvalue weighted by Crippen LogP contribution is -2.39. The first-order valence-electron chi connectivity index (χ1n) is 6.74. The smallest absolute Gasteiger partial charge is 0.0244 e. The molecule has 3 aliphatic rings. The van der Waals surface area contributed by atoms with Crippen molar-refractivity contribution in [3.05, 3.63) is 0 Å². The van der Waals surface area contributed by atoms with Crippen molar-refractivity contribution >= 4 is 0 Å². The van der Waals surface area contributed by atoms with Crippen LogP contribution in [-0.2, 0) is 0 Å². The van der Waals surface area contributed by atoms with Crippen LogP contribution < -0.4 is 11.3 Å². The first-order valence-corrected chi connectivity index (χ1v) is 6.74. The average molecular weight is 208 g/mol. The molecule has 0 aromatic heterocycles. The Bertz CT molecular complexity index is 241. The SMILES string of the molecule is CC1CC1C(CC1CC2CCC1C2)NN. The van der Waals surface area contributed by atoms with Gasteiger partial charge in [0.1, 0.15) is 0 Å². The van der Waals surface area contributed by atoms with Crippen molar-refractivity contribution in [2.75, 3.05) is 0 Å². The highest BCUT2D eigenvalue weighted by Gasteiger charge is 2.44. The van der Waals surface area contributed by atoms with Gasteiger partial charge >= 0.3 is 0 Å². The molecule has 3 rings (SSSR count). The second-order valence-electron chi connectivity index (χ2n) is 6.32. The van der Waals surface area contributed by atoms with Gasteiger partial charge in [-0.3, -0.25) is 11.3 Å². The molecule has 0 aliphatic heterocycles. The topological polar surface area (TPSA) is 38.0 Å². The fourth-order valence-corrected chi connectivity index (χ4v) is 4.27. The lowest BCUT2D eigenvalue weighted by molar-refractivity contribution is 0.263. The van der Waals surface area contributed by atoms with Gasteiger partial charge in [-0.25, -0.2) is 0 Å². The lowest BCUT2D eigenvalue weighted by Gasteiger charge is -2.26. The van der Waals surface area contributed by atoms with Gasteiger partial charge in [0.25, 0.3) is 0 Å². The van der Waals surface area contributed by atoms with Crippen molar-refractivity contribution in [3.63, 3.8) is 0 Å². The Morgan fingerprint density at radius 3 is 2.53 bits per heavy atom. The quantitative estimate of drug-likeness (QED) is 0.549. The number of fused-ring (bicyclic) bond motifs is 2. The largest absolute Gasteiger partial charge is 0.271 e. The summed E-state index contributed by atoms with van der Waals surface area (Å²) in [6, 6.07) is 0.615. The second-order valence-corrected chi connectivity index (χ2v) is 6.32. The molecule has 0 radical (unpaired) electrons. The Morgan fingerprint density at radius 2 is 2.07 bits per heavy atom. The molecule has 6 atom stereocenters. The average Bonchev–Trinajstić information content (AvgIpc) is 2.67. The van der Waals surface area contributed by atoms with Crippen LogP contribution in [0.15, 0.2) is 0 Å². The zero-order chi connectivity index (χ0) is 10.4. The Balaban J connectivity index is 1.55. The van der Waals surface area contributed by atoms with Crippen LogP contribution in [0.5, 0.6) is 0 Å². The molecule has 3 fully saturated rings. The fourth-order valence-electron chi connectivity index (χ4n) is 4.27. The molecule has 2 bridgehead atoms. The van der Waals surface area contributed by atoms with E-state index in [0.717, 1.165) is 29.6 Å². The standard InChI is InChI=1S/C13H24N2/c1-8-4-12(8)13(15-14)7-11-6-9-2-3-10(11)5-9/h8-13,15H,2-7,14H2,1H3. The summed E-state index contributed by atoms with van der Waals surface area (Å²) in [6.45, 7) is 2.36. The van der Waals surface area contributed by atoms with Crippen LogP contribution in [-0.4, -0.2) is 6.04 Å². The van der Waals surface area contributed by atoms with E-state index in [0.29, 0.717) is 6.04 Å². The minimum Gasteiger partial charge on any atom is -0.271 e. The Labute approximate surface area is 93.0 Å². The van der Waals surface area contributed by atoms with E-state index in [-0.39, 0.29) is 0 Å². The second kappa shape index (κ2) is 3.74. The number of nitrogens with one attached hydrogen (secondary N) is 1. The summed E-state index contributed by atoms with van der Waals surface area (Å²) in [5, 5.41) is 0. The molecule has 3 aliphatic carbocycles. The van der Waals surface area contributed by atoms with Gasteiger partial charge in [0.05, 0.1) is 0 Å². The maximum Gasteiger partial charge on any atom is 0.0244 e. The Morgan fingerprint density at radius 1 is 1.27 bits per heavy atom. The number of hydrogen-bond acceptors (Lipinski definition) is 2. The fraction of sp³-hybridized carbons (Fsp3) is 1.00. The van der Waals surface area contributed by atoms with Crippen LogP contribution in [0.4, 0.5) is 0 Å². The van der Waals surface area contributed by atoms with E-state index in [1.807, 2.05) is 0 Å². The molecule has 6 unspecified atom stereocenters. The number of rotatable bonds is 4. The van der Waals surface area contributed by atoms with Gasteiger partial charge in [0.2, 0.25) is 0 Å². The lowest BCUT2D eigenvalue weighted by atomic mass is 9.83. The van der Waals surface area contributed by atoms with Crippen LogP contribution in [0.1, 0.15) is 45.4 Å². The molecular formula is C13H24N2. The van der Waals surface area contributed by atoms with Crippen LogP contribution in [0.25, 0.3) is 0 Å². The molecule has 3 N–H and O–H groups in total. The van der Waals surface area contributed by atoms with Crippen molar-refractivity contribution < 1.29 is 0 Å². The van der Waals surface area contributed by atoms with Gasteiger partial charge in [-0.2, -0.15) is 0 Å². The molecule has 0 aromatic carbocycles. The minimum absolute atomic E-state index is 0.615. The zero-order valence-corrected chi connectivity index (χ0v) is 9.78. The van der Waals surface area contributed by atoms with Gasteiger partial charge in [-0.05, 0) is 61.7 Å². The van der Waals surface area contributed by atoms with Gasteiger partial charge < -0.3 is 0 Å². The molecule has 3 saturated carbocycles. The van der Waals surface area contributed by atoms with Gasteiger partial charge in [0, 0.05) is 6.04 Å². The van der Waals surface area contributed by atoms with Crippen molar-refractivity contribution in [2.24, 2.45) is 35.4 Å². The molecule has 0 aromatic rings. The first kappa shape index (κ1) is 10.1. The van der Waals surface area contributed by atoms with Crippen molar-refractivity contribution in [1.82, 2.24) is 5.43 Å². The van der Waals surface area contributed by atoms with E-state index in [1.54, 1.807) is 0 Å². The summed E-state index contributed by atoms with van der Waals surface area (Å²) in [5.41, 5.74) is 3.08. The van der Waals surface area contributed by atoms with Crippen molar-refractivity contribution in [1.29, 1.82) is 0 Å². The zero-order valence-electron chi connectivity index (χ0n) is 9.78. The van der Waals surface area contributed by atoms with Gasteiger partial charge in [-0.1, -0.05) is 13.3 Å². The molecule has 0 spiro atoms. The summed E-state index contributed by atoms with van der Waals surface area (Å²) in [6.07, 6.45) is 8.81. The van der Waals surface area contributed by atoms with Crippen molar-refractivity contribution in [2.45, 2.75) is 51.5 Å². The molecule has 0 amide bonds. The van der Waals surface area contributed by atoms with E-state index in [4.69, 9.17) is 5.84 Å². The van der Waals surface area contributed by atoms with Gasteiger partial charge in [0.15, 0.2) is 0 Å².